The molecule has 0 amide bonds. The van der Waals surface area contributed by atoms with Crippen LogP contribution in [0.3, 0.4) is 0 Å². The zero-order valence-electron chi connectivity index (χ0n) is 18.7. The van der Waals surface area contributed by atoms with Crippen molar-refractivity contribution in [2.75, 3.05) is 0 Å². The summed E-state index contributed by atoms with van der Waals surface area (Å²) in [5, 5.41) is 1.43. The Kier molecular flexibility index (Phi) is 4.08. The molecule has 0 bridgehead atoms. The van der Waals surface area contributed by atoms with Crippen LogP contribution in [-0.2, 0) is 10.8 Å². The lowest BCUT2D eigenvalue weighted by atomic mass is 9.79. The lowest BCUT2D eigenvalue weighted by molar-refractivity contribution is 0.652. The van der Waals surface area contributed by atoms with E-state index in [0.717, 1.165) is 10.6 Å². The first kappa shape index (κ1) is 20.1. The van der Waals surface area contributed by atoms with Crippen molar-refractivity contribution < 1.29 is 0 Å². The van der Waals surface area contributed by atoms with Crippen LogP contribution in [-0.4, -0.2) is 0 Å². The highest BCUT2D eigenvalue weighted by molar-refractivity contribution is 6.37. The Morgan fingerprint density at radius 2 is 1.16 bits per heavy atom. The average molecular weight is 455 g/mol. The number of rotatable bonds is 1. The van der Waals surface area contributed by atoms with Crippen LogP contribution < -0.4 is 0 Å². The van der Waals surface area contributed by atoms with Gasteiger partial charge in [-0.25, -0.2) is 0 Å². The molecular weight excluding hydrogens is 431 g/mol. The minimum atomic E-state index is -0.164. The molecule has 2 heteroatoms. The van der Waals surface area contributed by atoms with E-state index in [2.05, 4.69) is 94.4 Å². The summed E-state index contributed by atoms with van der Waals surface area (Å²) in [5.74, 6) is 0. The highest BCUT2D eigenvalue weighted by atomic mass is 35.5. The molecule has 0 fully saturated rings. The molecule has 0 saturated carbocycles. The third-order valence-electron chi connectivity index (χ3n) is 7.59. The van der Waals surface area contributed by atoms with Crippen LogP contribution in [0.4, 0.5) is 0 Å². The monoisotopic (exact) mass is 454 g/mol. The van der Waals surface area contributed by atoms with Crippen LogP contribution in [0.1, 0.15) is 49.9 Å². The number of hydrogen-bond acceptors (Lipinski definition) is 0. The molecule has 2 aliphatic rings. The summed E-state index contributed by atoms with van der Waals surface area (Å²) in [6.45, 7) is 9.23. The van der Waals surface area contributed by atoms with Crippen molar-refractivity contribution in [1.29, 1.82) is 0 Å². The fourth-order valence-electron chi connectivity index (χ4n) is 5.90. The van der Waals surface area contributed by atoms with Gasteiger partial charge in [0.25, 0.3) is 0 Å². The largest absolute Gasteiger partial charge is 0.0843 e. The summed E-state index contributed by atoms with van der Waals surface area (Å²) in [4.78, 5) is 0. The van der Waals surface area contributed by atoms with Gasteiger partial charge in [-0.3, -0.25) is 0 Å². The van der Waals surface area contributed by atoms with Crippen molar-refractivity contribution in [3.8, 4) is 33.4 Å². The quantitative estimate of drug-likeness (QED) is 0.268. The van der Waals surface area contributed by atoms with E-state index in [1.54, 1.807) is 0 Å². The third kappa shape index (κ3) is 2.51. The summed E-state index contributed by atoms with van der Waals surface area (Å²) in [7, 11) is 0. The SMILES string of the molecule is CC1(C)c2cc3c(cc2-c2c(Cl)cc(Cl)cc21)C(C)(C)c1cccc(-c2ccccc2)c1-3. The zero-order chi connectivity index (χ0) is 22.4. The molecule has 6 rings (SSSR count). The Morgan fingerprint density at radius 1 is 0.531 bits per heavy atom. The van der Waals surface area contributed by atoms with E-state index < -0.39 is 0 Å². The second-order valence-electron chi connectivity index (χ2n) is 10.1. The van der Waals surface area contributed by atoms with Crippen molar-refractivity contribution in [2.24, 2.45) is 0 Å². The van der Waals surface area contributed by atoms with E-state index in [1.807, 2.05) is 6.07 Å². The minimum absolute atomic E-state index is 0.0870. The van der Waals surface area contributed by atoms with Gasteiger partial charge in [-0.1, -0.05) is 99.4 Å². The van der Waals surface area contributed by atoms with Crippen molar-refractivity contribution in [2.45, 2.75) is 38.5 Å². The molecule has 0 N–H and O–H groups in total. The molecule has 4 aromatic rings. The van der Waals surface area contributed by atoms with Crippen LogP contribution >= 0.6 is 23.2 Å². The van der Waals surface area contributed by atoms with Crippen LogP contribution in [0.2, 0.25) is 10.0 Å². The summed E-state index contributed by atoms with van der Waals surface area (Å²) < 4.78 is 0. The molecule has 0 saturated heterocycles. The lowest BCUT2D eigenvalue weighted by Gasteiger charge is -2.24. The van der Waals surface area contributed by atoms with Gasteiger partial charge < -0.3 is 0 Å². The van der Waals surface area contributed by atoms with Gasteiger partial charge in [-0.2, -0.15) is 0 Å². The van der Waals surface area contributed by atoms with Gasteiger partial charge in [0.1, 0.15) is 0 Å². The molecule has 4 aromatic carbocycles. The van der Waals surface area contributed by atoms with Gasteiger partial charge in [-0.15, -0.1) is 0 Å². The van der Waals surface area contributed by atoms with E-state index in [0.29, 0.717) is 5.02 Å². The molecule has 0 nitrogen and oxygen atoms in total. The highest BCUT2D eigenvalue weighted by Gasteiger charge is 2.43. The Labute approximate surface area is 199 Å². The highest BCUT2D eigenvalue weighted by Crippen LogP contribution is 2.58. The standard InChI is InChI=1S/C30H24Cl2/c1-29(2)22-12-8-11-19(17-9-6-5-7-10-17)27(22)20-15-24-21(16-23(20)29)28-25(30(24,3)4)13-18(31)14-26(28)32/h5-16H,1-4H3. The first-order valence-corrected chi connectivity index (χ1v) is 11.8. The molecule has 0 aromatic heterocycles. The number of hydrogen-bond donors (Lipinski definition) is 0. The van der Waals surface area contributed by atoms with E-state index in [-0.39, 0.29) is 10.8 Å². The molecule has 158 valence electrons. The summed E-state index contributed by atoms with van der Waals surface area (Å²) in [6.07, 6.45) is 0. The van der Waals surface area contributed by atoms with E-state index in [4.69, 9.17) is 23.2 Å². The molecule has 0 heterocycles. The average Bonchev–Trinajstić information content (AvgIpc) is 3.13. The maximum absolute atomic E-state index is 6.76. The van der Waals surface area contributed by atoms with E-state index >= 15 is 0 Å². The van der Waals surface area contributed by atoms with Crippen LogP contribution in [0, 0.1) is 0 Å². The van der Waals surface area contributed by atoms with Crippen molar-refractivity contribution in [3.63, 3.8) is 0 Å². The van der Waals surface area contributed by atoms with Crippen LogP contribution in [0.5, 0.6) is 0 Å². The first-order valence-electron chi connectivity index (χ1n) is 11.1. The zero-order valence-corrected chi connectivity index (χ0v) is 20.2. The summed E-state index contributed by atoms with van der Waals surface area (Å²) in [6, 6.07) is 26.2. The molecular formula is C30H24Cl2. The third-order valence-corrected chi connectivity index (χ3v) is 8.11. The van der Waals surface area contributed by atoms with Gasteiger partial charge in [0, 0.05) is 21.4 Å². The molecule has 0 aliphatic heterocycles. The maximum atomic E-state index is 6.76. The number of halogens is 2. The Balaban J connectivity index is 1.69. The molecule has 32 heavy (non-hydrogen) atoms. The van der Waals surface area contributed by atoms with Crippen molar-refractivity contribution in [3.05, 3.63) is 105 Å². The van der Waals surface area contributed by atoms with Crippen LogP contribution in [0.15, 0.2) is 72.8 Å². The van der Waals surface area contributed by atoms with E-state index in [1.165, 1.54) is 50.1 Å². The van der Waals surface area contributed by atoms with Gasteiger partial charge in [0.05, 0.1) is 5.02 Å². The molecule has 2 aliphatic carbocycles. The van der Waals surface area contributed by atoms with Crippen molar-refractivity contribution in [1.82, 2.24) is 0 Å². The van der Waals surface area contributed by atoms with Crippen LogP contribution in [0.25, 0.3) is 33.4 Å². The summed E-state index contributed by atoms with van der Waals surface area (Å²) >= 11 is 13.2. The second kappa shape index (κ2) is 6.50. The first-order chi connectivity index (χ1) is 15.2. The number of benzene rings is 4. The predicted molar refractivity (Wildman–Crippen MR) is 137 cm³/mol. The van der Waals surface area contributed by atoms with Gasteiger partial charge in [0.15, 0.2) is 0 Å². The van der Waals surface area contributed by atoms with Gasteiger partial charge in [0.2, 0.25) is 0 Å². The van der Waals surface area contributed by atoms with E-state index in [9.17, 15) is 0 Å². The second-order valence-corrected chi connectivity index (χ2v) is 10.9. The number of fused-ring (bicyclic) bond motifs is 6. The maximum Gasteiger partial charge on any atom is 0.0502 e. The smallest absolute Gasteiger partial charge is 0.0502 e. The molecule has 0 atom stereocenters. The fourth-order valence-corrected chi connectivity index (χ4v) is 6.49. The van der Waals surface area contributed by atoms with Crippen molar-refractivity contribution >= 4 is 23.2 Å². The molecule has 0 spiro atoms. The normalized spacial score (nSPS) is 16.3. The van der Waals surface area contributed by atoms with Gasteiger partial charge in [-0.05, 0) is 74.3 Å². The topological polar surface area (TPSA) is 0 Å². The Bertz CT molecular complexity index is 1430. The minimum Gasteiger partial charge on any atom is -0.0843 e. The Hall–Kier alpha value is -2.54. The Morgan fingerprint density at radius 3 is 1.84 bits per heavy atom. The predicted octanol–water partition coefficient (Wildman–Crippen LogP) is 9.27. The molecule has 0 unspecified atom stereocenters. The summed E-state index contributed by atoms with van der Waals surface area (Å²) in [5.41, 5.74) is 12.7. The fraction of sp³-hybridized carbons (Fsp3) is 0.200. The lowest BCUT2D eigenvalue weighted by Crippen LogP contribution is -2.17. The van der Waals surface area contributed by atoms with Gasteiger partial charge >= 0.3 is 0 Å². The molecule has 0 radical (unpaired) electrons.